The summed E-state index contributed by atoms with van der Waals surface area (Å²) in [5.41, 5.74) is -0.0831. The zero-order valence-corrected chi connectivity index (χ0v) is 7.40. The molecule has 2 unspecified atom stereocenters. The van der Waals surface area contributed by atoms with Crippen LogP contribution in [0.4, 0.5) is 13.2 Å². The van der Waals surface area contributed by atoms with E-state index < -0.39 is 12.6 Å². The number of hydrogen-bond acceptors (Lipinski definition) is 0. The zero-order valence-electron chi connectivity index (χ0n) is 7.40. The van der Waals surface area contributed by atoms with Crippen LogP contribution in [0.3, 0.4) is 0 Å². The van der Waals surface area contributed by atoms with Crippen molar-refractivity contribution >= 4 is 0 Å². The minimum Gasteiger partial charge on any atom is -0.171 e. The molecule has 13 heavy (non-hydrogen) atoms. The first-order valence-electron chi connectivity index (χ1n) is 4.75. The van der Waals surface area contributed by atoms with Crippen molar-refractivity contribution in [2.75, 3.05) is 0 Å². The standard InChI is InChI=1S/C10H13F3/c11-10(12,13)6-5-9-3-1-8(7-9)2-4-9/h1,3,8H,2,4-7H2. The normalized spacial score (nSPS) is 37.3. The highest BCUT2D eigenvalue weighted by Gasteiger charge is 2.42. The van der Waals surface area contributed by atoms with Crippen LogP contribution in [0.5, 0.6) is 0 Å². The van der Waals surface area contributed by atoms with E-state index in [1.54, 1.807) is 0 Å². The van der Waals surface area contributed by atoms with Gasteiger partial charge < -0.3 is 0 Å². The van der Waals surface area contributed by atoms with Gasteiger partial charge in [0.25, 0.3) is 0 Å². The summed E-state index contributed by atoms with van der Waals surface area (Å²) in [6.07, 6.45) is 2.82. The quantitative estimate of drug-likeness (QED) is 0.582. The predicted octanol–water partition coefficient (Wildman–Crippen LogP) is 3.69. The van der Waals surface area contributed by atoms with Crippen LogP contribution in [0.1, 0.15) is 32.1 Å². The van der Waals surface area contributed by atoms with Gasteiger partial charge >= 0.3 is 6.18 Å². The first-order valence-corrected chi connectivity index (χ1v) is 4.75. The molecule has 0 N–H and O–H groups in total. The second kappa shape index (κ2) is 2.76. The van der Waals surface area contributed by atoms with Crippen molar-refractivity contribution in [2.24, 2.45) is 11.3 Å². The Morgan fingerprint density at radius 3 is 2.54 bits per heavy atom. The van der Waals surface area contributed by atoms with Crippen LogP contribution in [-0.4, -0.2) is 6.18 Å². The van der Waals surface area contributed by atoms with Gasteiger partial charge in [0.2, 0.25) is 0 Å². The summed E-state index contributed by atoms with van der Waals surface area (Å²) in [4.78, 5) is 0. The molecule has 0 heterocycles. The summed E-state index contributed by atoms with van der Waals surface area (Å²) in [6, 6.07) is 0. The Labute approximate surface area is 75.8 Å². The van der Waals surface area contributed by atoms with Gasteiger partial charge in [0.05, 0.1) is 0 Å². The molecule has 0 nitrogen and oxygen atoms in total. The van der Waals surface area contributed by atoms with Crippen LogP contribution >= 0.6 is 0 Å². The fourth-order valence-electron chi connectivity index (χ4n) is 2.56. The molecule has 2 aliphatic carbocycles. The summed E-state index contributed by atoms with van der Waals surface area (Å²) in [5.74, 6) is 0.577. The Morgan fingerprint density at radius 2 is 2.15 bits per heavy atom. The van der Waals surface area contributed by atoms with E-state index in [4.69, 9.17) is 0 Å². The lowest BCUT2D eigenvalue weighted by atomic mass is 9.83. The van der Waals surface area contributed by atoms with E-state index in [1.807, 2.05) is 6.08 Å². The summed E-state index contributed by atoms with van der Waals surface area (Å²) in [7, 11) is 0. The Bertz CT molecular complexity index is 229. The van der Waals surface area contributed by atoms with Crippen molar-refractivity contribution < 1.29 is 13.2 Å². The van der Waals surface area contributed by atoms with Crippen LogP contribution in [0, 0.1) is 11.3 Å². The maximum absolute atomic E-state index is 12.0. The van der Waals surface area contributed by atoms with Gasteiger partial charge in [-0.2, -0.15) is 13.2 Å². The van der Waals surface area contributed by atoms with Crippen LogP contribution in [-0.2, 0) is 0 Å². The molecule has 0 aromatic rings. The molecule has 74 valence electrons. The second-order valence-corrected chi connectivity index (χ2v) is 4.34. The highest BCUT2D eigenvalue weighted by atomic mass is 19.4. The Kier molecular flexibility index (Phi) is 1.93. The van der Waals surface area contributed by atoms with Gasteiger partial charge in [-0.05, 0) is 37.0 Å². The van der Waals surface area contributed by atoms with E-state index in [9.17, 15) is 13.2 Å². The molecular weight excluding hydrogens is 177 g/mol. The molecule has 2 atom stereocenters. The highest BCUT2D eigenvalue weighted by molar-refractivity contribution is 5.15. The van der Waals surface area contributed by atoms with Gasteiger partial charge in [0.15, 0.2) is 0 Å². The number of fused-ring (bicyclic) bond motifs is 2. The fourth-order valence-corrected chi connectivity index (χ4v) is 2.56. The first kappa shape index (κ1) is 9.10. The van der Waals surface area contributed by atoms with Gasteiger partial charge in [-0.3, -0.25) is 0 Å². The first-order chi connectivity index (χ1) is 5.99. The molecule has 0 saturated heterocycles. The molecule has 2 bridgehead atoms. The van der Waals surface area contributed by atoms with Gasteiger partial charge in [-0.25, -0.2) is 0 Å². The molecule has 0 amide bonds. The Hall–Kier alpha value is -0.470. The van der Waals surface area contributed by atoms with E-state index in [0.717, 1.165) is 19.3 Å². The topological polar surface area (TPSA) is 0 Å². The van der Waals surface area contributed by atoms with E-state index in [2.05, 4.69) is 6.08 Å². The second-order valence-electron chi connectivity index (χ2n) is 4.34. The molecule has 0 aromatic heterocycles. The lowest BCUT2D eigenvalue weighted by molar-refractivity contribution is -0.139. The molecule has 2 aliphatic rings. The van der Waals surface area contributed by atoms with E-state index in [1.165, 1.54) is 0 Å². The number of hydrogen-bond donors (Lipinski definition) is 0. The summed E-state index contributed by atoms with van der Waals surface area (Å²) in [5, 5.41) is 0. The molecule has 1 fully saturated rings. The molecule has 3 heteroatoms. The van der Waals surface area contributed by atoms with Crippen LogP contribution in [0.25, 0.3) is 0 Å². The average Bonchev–Trinajstić information content (AvgIpc) is 2.59. The number of alkyl halides is 3. The average molecular weight is 190 g/mol. The van der Waals surface area contributed by atoms with Crippen molar-refractivity contribution in [3.05, 3.63) is 12.2 Å². The Balaban J connectivity index is 1.92. The molecule has 0 aliphatic heterocycles. The fraction of sp³-hybridized carbons (Fsp3) is 0.800. The van der Waals surface area contributed by atoms with Crippen molar-refractivity contribution in [1.29, 1.82) is 0 Å². The van der Waals surface area contributed by atoms with Crippen molar-refractivity contribution in [2.45, 2.75) is 38.3 Å². The van der Waals surface area contributed by atoms with E-state index in [-0.39, 0.29) is 5.41 Å². The Morgan fingerprint density at radius 1 is 1.38 bits per heavy atom. The SMILES string of the molecule is FC(F)(F)CCC12C=CC(CC1)C2. The number of halogens is 3. The minimum absolute atomic E-state index is 0.0831. The summed E-state index contributed by atoms with van der Waals surface area (Å²) < 4.78 is 36.0. The molecule has 0 aromatic carbocycles. The van der Waals surface area contributed by atoms with Crippen molar-refractivity contribution in [3.63, 3.8) is 0 Å². The van der Waals surface area contributed by atoms with Gasteiger partial charge in [0, 0.05) is 6.42 Å². The monoisotopic (exact) mass is 190 g/mol. The molecule has 0 radical (unpaired) electrons. The lowest BCUT2D eigenvalue weighted by Gasteiger charge is -2.23. The van der Waals surface area contributed by atoms with Gasteiger partial charge in [0.1, 0.15) is 0 Å². The summed E-state index contributed by atoms with van der Waals surface area (Å²) >= 11 is 0. The van der Waals surface area contributed by atoms with Crippen LogP contribution in [0.2, 0.25) is 0 Å². The van der Waals surface area contributed by atoms with Crippen LogP contribution < -0.4 is 0 Å². The van der Waals surface area contributed by atoms with Crippen LogP contribution in [0.15, 0.2) is 12.2 Å². The largest absolute Gasteiger partial charge is 0.389 e. The molecule has 1 saturated carbocycles. The third kappa shape index (κ3) is 1.89. The molecule has 2 rings (SSSR count). The zero-order chi connectivity index (χ0) is 9.53. The van der Waals surface area contributed by atoms with Crippen molar-refractivity contribution in [3.8, 4) is 0 Å². The van der Waals surface area contributed by atoms with E-state index >= 15 is 0 Å². The molecule has 0 spiro atoms. The maximum Gasteiger partial charge on any atom is 0.389 e. The third-order valence-electron chi connectivity index (χ3n) is 3.31. The lowest BCUT2D eigenvalue weighted by Crippen LogP contribution is -2.17. The smallest absolute Gasteiger partial charge is 0.171 e. The summed E-state index contributed by atoms with van der Waals surface area (Å²) in [6.45, 7) is 0. The minimum atomic E-state index is -3.98. The van der Waals surface area contributed by atoms with Gasteiger partial charge in [-0.15, -0.1) is 0 Å². The van der Waals surface area contributed by atoms with E-state index in [0.29, 0.717) is 12.3 Å². The maximum atomic E-state index is 12.0. The van der Waals surface area contributed by atoms with Crippen molar-refractivity contribution in [1.82, 2.24) is 0 Å². The molecular formula is C10H13F3. The number of rotatable bonds is 2. The van der Waals surface area contributed by atoms with Gasteiger partial charge in [-0.1, -0.05) is 12.2 Å². The third-order valence-corrected chi connectivity index (χ3v) is 3.31. The number of allylic oxidation sites excluding steroid dienone is 2. The predicted molar refractivity (Wildman–Crippen MR) is 44.2 cm³/mol. The highest BCUT2D eigenvalue weighted by Crippen LogP contribution is 2.52.